The number of benzene rings is 1. The van der Waals surface area contributed by atoms with Gasteiger partial charge in [0.15, 0.2) is 5.82 Å². The summed E-state index contributed by atoms with van der Waals surface area (Å²) >= 11 is 0. The van der Waals surface area contributed by atoms with Crippen LogP contribution in [0.3, 0.4) is 0 Å². The lowest BCUT2D eigenvalue weighted by atomic mass is 10.1. The summed E-state index contributed by atoms with van der Waals surface area (Å²) in [7, 11) is 0. The van der Waals surface area contributed by atoms with Crippen molar-refractivity contribution in [3.63, 3.8) is 0 Å². The van der Waals surface area contributed by atoms with E-state index >= 15 is 0 Å². The third-order valence-electron chi connectivity index (χ3n) is 3.46. The second-order valence-electron chi connectivity index (χ2n) is 5.08. The number of aromatic nitrogens is 4. The molecule has 0 aliphatic carbocycles. The molecule has 20 heavy (non-hydrogen) atoms. The molecule has 2 aromatic rings. The molecule has 0 atom stereocenters. The van der Waals surface area contributed by atoms with Crippen molar-refractivity contribution in [3.05, 3.63) is 24.3 Å². The van der Waals surface area contributed by atoms with Crippen LogP contribution >= 0.6 is 0 Å². The highest BCUT2D eigenvalue weighted by molar-refractivity contribution is 5.70. The van der Waals surface area contributed by atoms with E-state index in [-0.39, 0.29) is 0 Å². The molecular weight excluding hydrogens is 250 g/mol. The van der Waals surface area contributed by atoms with E-state index < -0.39 is 0 Å². The van der Waals surface area contributed by atoms with Crippen molar-refractivity contribution >= 4 is 5.69 Å². The van der Waals surface area contributed by atoms with Gasteiger partial charge >= 0.3 is 0 Å². The molecule has 0 fully saturated rings. The first kappa shape index (κ1) is 14.5. The van der Waals surface area contributed by atoms with Gasteiger partial charge < -0.3 is 5.73 Å². The number of hydrogen-bond acceptors (Lipinski definition) is 4. The van der Waals surface area contributed by atoms with Crippen molar-refractivity contribution in [3.8, 4) is 11.4 Å². The van der Waals surface area contributed by atoms with Crippen LogP contribution in [0.4, 0.5) is 5.69 Å². The Bertz CT molecular complexity index is 520. The van der Waals surface area contributed by atoms with Crippen LogP contribution in [0, 0.1) is 0 Å². The van der Waals surface area contributed by atoms with Crippen LogP contribution in [0.1, 0.15) is 45.4 Å². The number of nitrogens with zero attached hydrogens (tertiary/aromatic N) is 4. The highest BCUT2D eigenvalue weighted by atomic mass is 15.5. The molecule has 0 saturated heterocycles. The fourth-order valence-electron chi connectivity index (χ4n) is 2.29. The first-order chi connectivity index (χ1) is 9.83. The summed E-state index contributed by atoms with van der Waals surface area (Å²) in [5.74, 6) is 0.761. The van der Waals surface area contributed by atoms with Gasteiger partial charge in [-0.25, -0.2) is 4.68 Å². The molecule has 5 heteroatoms. The molecule has 1 aromatic heterocycles. The van der Waals surface area contributed by atoms with E-state index in [9.17, 15) is 0 Å². The van der Waals surface area contributed by atoms with E-state index in [4.69, 9.17) is 5.73 Å². The molecule has 0 unspecified atom stereocenters. The summed E-state index contributed by atoms with van der Waals surface area (Å²) in [6.45, 7) is 3.08. The SMILES string of the molecule is CCCCCCCCn1nnnc1-c1ccccc1N. The van der Waals surface area contributed by atoms with E-state index in [0.29, 0.717) is 5.69 Å². The largest absolute Gasteiger partial charge is 0.398 e. The van der Waals surface area contributed by atoms with Gasteiger partial charge in [0.05, 0.1) is 0 Å². The van der Waals surface area contributed by atoms with Gasteiger partial charge in [-0.2, -0.15) is 0 Å². The lowest BCUT2D eigenvalue weighted by Gasteiger charge is -2.06. The smallest absolute Gasteiger partial charge is 0.184 e. The van der Waals surface area contributed by atoms with Crippen LogP contribution in [-0.2, 0) is 6.54 Å². The fourth-order valence-corrected chi connectivity index (χ4v) is 2.29. The maximum Gasteiger partial charge on any atom is 0.184 e. The van der Waals surface area contributed by atoms with Gasteiger partial charge in [0, 0.05) is 17.8 Å². The highest BCUT2D eigenvalue weighted by Gasteiger charge is 2.10. The Morgan fingerprint density at radius 1 is 1.05 bits per heavy atom. The number of nitrogens with two attached hydrogens (primary N) is 1. The lowest BCUT2D eigenvalue weighted by Crippen LogP contribution is -2.04. The third kappa shape index (κ3) is 3.79. The minimum Gasteiger partial charge on any atom is -0.398 e. The maximum atomic E-state index is 5.98. The Balaban J connectivity index is 1.91. The predicted octanol–water partition coefficient (Wildman–Crippen LogP) is 3.28. The van der Waals surface area contributed by atoms with Crippen LogP contribution in [0.25, 0.3) is 11.4 Å². The van der Waals surface area contributed by atoms with E-state index in [2.05, 4.69) is 22.4 Å². The molecule has 0 spiro atoms. The van der Waals surface area contributed by atoms with E-state index in [1.54, 1.807) is 0 Å². The summed E-state index contributed by atoms with van der Waals surface area (Å²) in [6, 6.07) is 7.70. The van der Waals surface area contributed by atoms with Crippen LogP contribution < -0.4 is 5.73 Å². The van der Waals surface area contributed by atoms with Crippen LogP contribution in [0.15, 0.2) is 24.3 Å². The Labute approximate surface area is 120 Å². The van der Waals surface area contributed by atoms with Crippen molar-refractivity contribution < 1.29 is 0 Å². The number of para-hydroxylation sites is 1. The van der Waals surface area contributed by atoms with Crippen LogP contribution in [0.5, 0.6) is 0 Å². The van der Waals surface area contributed by atoms with Crippen molar-refractivity contribution in [2.45, 2.75) is 52.0 Å². The topological polar surface area (TPSA) is 69.6 Å². The van der Waals surface area contributed by atoms with Crippen molar-refractivity contribution in [1.82, 2.24) is 20.2 Å². The van der Waals surface area contributed by atoms with Crippen molar-refractivity contribution in [1.29, 1.82) is 0 Å². The quantitative estimate of drug-likeness (QED) is 0.592. The monoisotopic (exact) mass is 273 g/mol. The van der Waals surface area contributed by atoms with Gasteiger partial charge in [-0.1, -0.05) is 51.2 Å². The Morgan fingerprint density at radius 2 is 1.80 bits per heavy atom. The molecular formula is C15H23N5. The second kappa shape index (κ2) is 7.62. The number of unbranched alkanes of at least 4 members (excludes halogenated alkanes) is 5. The number of nitrogen functional groups attached to an aromatic ring is 1. The molecule has 0 bridgehead atoms. The molecule has 0 aliphatic rings. The average Bonchev–Trinajstić information content (AvgIpc) is 2.91. The Hall–Kier alpha value is -1.91. The third-order valence-corrected chi connectivity index (χ3v) is 3.46. The number of anilines is 1. The lowest BCUT2D eigenvalue weighted by molar-refractivity contribution is 0.519. The highest BCUT2D eigenvalue weighted by Crippen LogP contribution is 2.22. The number of hydrogen-bond donors (Lipinski definition) is 1. The Kier molecular flexibility index (Phi) is 5.53. The molecule has 1 heterocycles. The Morgan fingerprint density at radius 3 is 2.60 bits per heavy atom. The van der Waals surface area contributed by atoms with Crippen LogP contribution in [0.2, 0.25) is 0 Å². The molecule has 0 aliphatic heterocycles. The molecule has 5 nitrogen and oxygen atoms in total. The molecule has 1 aromatic carbocycles. The molecule has 0 radical (unpaired) electrons. The second-order valence-corrected chi connectivity index (χ2v) is 5.08. The minimum atomic E-state index is 0.714. The summed E-state index contributed by atoms with van der Waals surface area (Å²) in [5, 5.41) is 11.9. The van der Waals surface area contributed by atoms with E-state index in [1.165, 1.54) is 32.1 Å². The van der Waals surface area contributed by atoms with Gasteiger partial charge in [0.25, 0.3) is 0 Å². The van der Waals surface area contributed by atoms with Gasteiger partial charge in [0.2, 0.25) is 0 Å². The normalized spacial score (nSPS) is 10.8. The van der Waals surface area contributed by atoms with Gasteiger partial charge in [-0.05, 0) is 29.0 Å². The standard InChI is InChI=1S/C15H23N5/c1-2-3-4-5-6-9-12-20-15(17-18-19-20)13-10-7-8-11-14(13)16/h7-8,10-11H,2-6,9,12,16H2,1H3. The van der Waals surface area contributed by atoms with Crippen molar-refractivity contribution in [2.24, 2.45) is 0 Å². The van der Waals surface area contributed by atoms with Crippen molar-refractivity contribution in [2.75, 3.05) is 5.73 Å². The summed E-state index contributed by atoms with van der Waals surface area (Å²) in [5.41, 5.74) is 7.60. The zero-order valence-electron chi connectivity index (χ0n) is 12.1. The average molecular weight is 273 g/mol. The van der Waals surface area contributed by atoms with E-state index in [0.717, 1.165) is 24.4 Å². The maximum absolute atomic E-state index is 5.98. The zero-order chi connectivity index (χ0) is 14.2. The molecule has 2 N–H and O–H groups in total. The number of aryl methyl sites for hydroxylation is 1. The molecule has 2 rings (SSSR count). The summed E-state index contributed by atoms with van der Waals surface area (Å²) in [6.07, 6.45) is 7.56. The van der Waals surface area contributed by atoms with Gasteiger partial charge in [-0.3, -0.25) is 0 Å². The van der Waals surface area contributed by atoms with E-state index in [1.807, 2.05) is 28.9 Å². The van der Waals surface area contributed by atoms with Gasteiger partial charge in [0.1, 0.15) is 0 Å². The zero-order valence-corrected chi connectivity index (χ0v) is 12.1. The predicted molar refractivity (Wildman–Crippen MR) is 81.0 cm³/mol. The summed E-state index contributed by atoms with van der Waals surface area (Å²) < 4.78 is 1.85. The first-order valence-corrected chi connectivity index (χ1v) is 7.44. The number of tetrazole rings is 1. The molecule has 0 amide bonds. The minimum absolute atomic E-state index is 0.714. The van der Waals surface area contributed by atoms with Crippen LogP contribution in [-0.4, -0.2) is 20.2 Å². The van der Waals surface area contributed by atoms with Gasteiger partial charge in [-0.15, -0.1) is 5.10 Å². The first-order valence-electron chi connectivity index (χ1n) is 7.44. The summed E-state index contributed by atoms with van der Waals surface area (Å²) in [4.78, 5) is 0. The number of rotatable bonds is 8. The molecule has 108 valence electrons. The fraction of sp³-hybridized carbons (Fsp3) is 0.533. The molecule has 0 saturated carbocycles.